The number of carbonyl (C=O) groups excluding carboxylic acids is 1. The van der Waals surface area contributed by atoms with Gasteiger partial charge in [-0.3, -0.25) is 4.79 Å². The quantitative estimate of drug-likeness (QED) is 0.805. The summed E-state index contributed by atoms with van der Waals surface area (Å²) in [7, 11) is 0. The molecule has 2 rings (SSSR count). The first-order chi connectivity index (χ1) is 11.0. The van der Waals surface area contributed by atoms with Crippen LogP contribution in [-0.2, 0) is 4.79 Å². The molecule has 0 aliphatic heterocycles. The van der Waals surface area contributed by atoms with Gasteiger partial charge in [0.25, 0.3) is 5.91 Å². The number of likely N-dealkylation sites (N-methyl/N-ethyl adjacent to an activating group) is 1. The zero-order valence-electron chi connectivity index (χ0n) is 14.4. The van der Waals surface area contributed by atoms with Crippen molar-refractivity contribution in [3.05, 3.63) is 57.8 Å². The summed E-state index contributed by atoms with van der Waals surface area (Å²) in [6, 6.07) is 13.0. The lowest BCUT2D eigenvalue weighted by Crippen LogP contribution is -2.92. The number of thiophene rings is 1. The van der Waals surface area contributed by atoms with Gasteiger partial charge in [-0.1, -0.05) is 44.2 Å². The highest BCUT2D eigenvalue weighted by Crippen LogP contribution is 2.24. The van der Waals surface area contributed by atoms with Gasteiger partial charge in [-0.15, -0.1) is 11.3 Å². The van der Waals surface area contributed by atoms with Gasteiger partial charge in [0.2, 0.25) is 0 Å². The zero-order valence-corrected chi connectivity index (χ0v) is 15.2. The molecule has 0 saturated heterocycles. The van der Waals surface area contributed by atoms with Crippen molar-refractivity contribution in [3.63, 3.8) is 0 Å². The molecule has 0 bridgehead atoms. The van der Waals surface area contributed by atoms with Gasteiger partial charge in [0.15, 0.2) is 6.04 Å². The minimum Gasteiger partial charge on any atom is -0.351 e. The molecule has 2 aromatic rings. The predicted octanol–water partition coefficient (Wildman–Crippen LogP) is 3.05. The number of amides is 1. The lowest BCUT2D eigenvalue weighted by atomic mass is 9.98. The van der Waals surface area contributed by atoms with Crippen LogP contribution in [0.2, 0.25) is 0 Å². The SMILES string of the molecule is CCNC(=O)[C@H](C)[NH2+][C@@H](c1ccc(C(C)C)cc1)c1cccs1. The van der Waals surface area contributed by atoms with Gasteiger partial charge in [0.1, 0.15) is 6.04 Å². The van der Waals surface area contributed by atoms with Crippen LogP contribution < -0.4 is 10.6 Å². The number of hydrogen-bond donors (Lipinski definition) is 2. The molecule has 1 aromatic carbocycles. The topological polar surface area (TPSA) is 45.7 Å². The average molecular weight is 332 g/mol. The number of carbonyl (C=O) groups is 1. The predicted molar refractivity (Wildman–Crippen MR) is 96.8 cm³/mol. The Balaban J connectivity index is 2.23. The largest absolute Gasteiger partial charge is 0.351 e. The third-order valence-corrected chi connectivity index (χ3v) is 5.01. The summed E-state index contributed by atoms with van der Waals surface area (Å²) < 4.78 is 0. The van der Waals surface area contributed by atoms with E-state index in [0.717, 1.165) is 0 Å². The number of nitrogens with one attached hydrogen (secondary N) is 1. The second-order valence-electron chi connectivity index (χ2n) is 6.19. The molecule has 23 heavy (non-hydrogen) atoms. The summed E-state index contributed by atoms with van der Waals surface area (Å²) in [5.41, 5.74) is 2.59. The smallest absolute Gasteiger partial charge is 0.277 e. The fourth-order valence-electron chi connectivity index (χ4n) is 2.64. The van der Waals surface area contributed by atoms with Crippen molar-refractivity contribution < 1.29 is 10.1 Å². The lowest BCUT2D eigenvalue weighted by molar-refractivity contribution is -0.704. The summed E-state index contributed by atoms with van der Waals surface area (Å²) in [6.07, 6.45) is 0. The molecular weight excluding hydrogens is 304 g/mol. The van der Waals surface area contributed by atoms with E-state index in [1.807, 2.05) is 13.8 Å². The van der Waals surface area contributed by atoms with Crippen LogP contribution >= 0.6 is 11.3 Å². The van der Waals surface area contributed by atoms with Crippen LogP contribution in [0.4, 0.5) is 0 Å². The fraction of sp³-hybridized carbons (Fsp3) is 0.421. The van der Waals surface area contributed by atoms with Gasteiger partial charge in [-0.25, -0.2) is 0 Å². The van der Waals surface area contributed by atoms with Gasteiger partial charge in [-0.05, 0) is 36.8 Å². The van der Waals surface area contributed by atoms with E-state index in [0.29, 0.717) is 12.5 Å². The first-order valence-electron chi connectivity index (χ1n) is 8.28. The molecule has 0 saturated carbocycles. The highest BCUT2D eigenvalue weighted by molar-refractivity contribution is 7.10. The van der Waals surface area contributed by atoms with Gasteiger partial charge >= 0.3 is 0 Å². The summed E-state index contributed by atoms with van der Waals surface area (Å²) >= 11 is 1.74. The summed E-state index contributed by atoms with van der Waals surface area (Å²) in [5, 5.41) is 7.15. The van der Waals surface area contributed by atoms with Crippen molar-refractivity contribution in [2.45, 2.75) is 45.7 Å². The summed E-state index contributed by atoms with van der Waals surface area (Å²) in [5.74, 6) is 0.621. The molecule has 2 atom stereocenters. The van der Waals surface area contributed by atoms with Gasteiger partial charge in [-0.2, -0.15) is 0 Å². The van der Waals surface area contributed by atoms with Gasteiger partial charge in [0, 0.05) is 12.1 Å². The number of nitrogens with two attached hydrogens (primary N) is 1. The van der Waals surface area contributed by atoms with Crippen molar-refractivity contribution in [1.29, 1.82) is 0 Å². The summed E-state index contributed by atoms with van der Waals surface area (Å²) in [6.45, 7) is 8.99. The number of hydrogen-bond acceptors (Lipinski definition) is 2. The number of benzene rings is 1. The molecule has 0 fully saturated rings. The van der Waals surface area contributed by atoms with E-state index in [1.165, 1.54) is 16.0 Å². The second kappa shape index (κ2) is 8.27. The van der Waals surface area contributed by atoms with Crippen molar-refractivity contribution in [2.75, 3.05) is 6.54 Å². The Hall–Kier alpha value is -1.65. The van der Waals surface area contributed by atoms with Crippen molar-refractivity contribution in [1.82, 2.24) is 5.32 Å². The lowest BCUT2D eigenvalue weighted by Gasteiger charge is -2.19. The Bertz CT molecular complexity index is 605. The van der Waals surface area contributed by atoms with Crippen LogP contribution in [0.5, 0.6) is 0 Å². The van der Waals surface area contributed by atoms with Crippen molar-refractivity contribution >= 4 is 17.2 Å². The Morgan fingerprint density at radius 3 is 2.30 bits per heavy atom. The Labute approximate surface area is 143 Å². The van der Waals surface area contributed by atoms with Crippen molar-refractivity contribution in [3.8, 4) is 0 Å². The molecule has 0 spiro atoms. The minimum absolute atomic E-state index is 0.0906. The highest BCUT2D eigenvalue weighted by Gasteiger charge is 2.25. The molecule has 124 valence electrons. The van der Waals surface area contributed by atoms with E-state index in [4.69, 9.17) is 0 Å². The van der Waals surface area contributed by atoms with Crippen LogP contribution in [-0.4, -0.2) is 18.5 Å². The molecule has 4 heteroatoms. The van der Waals surface area contributed by atoms with E-state index in [9.17, 15) is 4.79 Å². The van der Waals surface area contributed by atoms with Gasteiger partial charge < -0.3 is 10.6 Å². The van der Waals surface area contributed by atoms with E-state index < -0.39 is 0 Å². The van der Waals surface area contributed by atoms with E-state index >= 15 is 0 Å². The third kappa shape index (κ3) is 4.66. The standard InChI is InChI=1S/C19H26N2OS/c1-5-20-19(22)14(4)21-18(17-7-6-12-23-17)16-10-8-15(9-11-16)13(2)3/h6-14,18,21H,5H2,1-4H3,(H,20,22)/p+1/t14-,18-/m0/s1. The van der Waals surface area contributed by atoms with Crippen LogP contribution in [0.3, 0.4) is 0 Å². The molecule has 3 nitrogen and oxygen atoms in total. The van der Waals surface area contributed by atoms with Crippen LogP contribution in [0.1, 0.15) is 55.7 Å². The van der Waals surface area contributed by atoms with E-state index in [2.05, 4.69) is 66.3 Å². The molecule has 1 amide bonds. The van der Waals surface area contributed by atoms with Crippen LogP contribution in [0.25, 0.3) is 0 Å². The molecular formula is C19H27N2OS+. The maximum Gasteiger partial charge on any atom is 0.277 e. The van der Waals surface area contributed by atoms with E-state index in [-0.39, 0.29) is 18.0 Å². The second-order valence-corrected chi connectivity index (χ2v) is 7.17. The molecule has 3 N–H and O–H groups in total. The van der Waals surface area contributed by atoms with Crippen molar-refractivity contribution in [2.24, 2.45) is 0 Å². The molecule has 1 aromatic heterocycles. The molecule has 1 heterocycles. The summed E-state index contributed by atoms with van der Waals surface area (Å²) in [4.78, 5) is 13.4. The first kappa shape index (κ1) is 17.7. The average Bonchev–Trinajstić information content (AvgIpc) is 3.06. The number of rotatable bonds is 7. The molecule has 0 radical (unpaired) electrons. The number of quaternary nitrogens is 1. The van der Waals surface area contributed by atoms with Crippen LogP contribution in [0.15, 0.2) is 41.8 Å². The molecule has 0 aliphatic rings. The monoisotopic (exact) mass is 331 g/mol. The normalized spacial score (nSPS) is 13.8. The highest BCUT2D eigenvalue weighted by atomic mass is 32.1. The Kier molecular flexibility index (Phi) is 6.37. The van der Waals surface area contributed by atoms with Crippen LogP contribution in [0, 0.1) is 0 Å². The minimum atomic E-state index is -0.119. The fourth-order valence-corrected chi connectivity index (χ4v) is 3.47. The first-order valence-corrected chi connectivity index (χ1v) is 9.16. The Morgan fingerprint density at radius 1 is 1.13 bits per heavy atom. The maximum atomic E-state index is 12.1. The van der Waals surface area contributed by atoms with E-state index in [1.54, 1.807) is 11.3 Å². The van der Waals surface area contributed by atoms with Gasteiger partial charge in [0.05, 0.1) is 4.88 Å². The maximum absolute atomic E-state index is 12.1. The molecule has 0 aliphatic carbocycles. The molecule has 0 unspecified atom stereocenters. The third-order valence-electron chi connectivity index (χ3n) is 4.06. The Morgan fingerprint density at radius 2 is 1.78 bits per heavy atom. The zero-order chi connectivity index (χ0) is 16.8.